The molecule has 0 N–H and O–H groups in total. The molecular weight excluding hydrogens is 264 g/mol. The third kappa shape index (κ3) is 3.33. The van der Waals surface area contributed by atoms with Gasteiger partial charge in [-0.05, 0) is 36.5 Å². The van der Waals surface area contributed by atoms with Gasteiger partial charge in [0.25, 0.3) is 0 Å². The fourth-order valence-corrected chi connectivity index (χ4v) is 2.58. The van der Waals surface area contributed by atoms with Crippen molar-refractivity contribution in [3.8, 4) is 0 Å². The predicted molar refractivity (Wildman–Crippen MR) is 70.4 cm³/mol. The van der Waals surface area contributed by atoms with E-state index in [0.29, 0.717) is 6.10 Å². The lowest BCUT2D eigenvalue weighted by Gasteiger charge is -2.28. The Morgan fingerprint density at radius 3 is 2.56 bits per heavy atom. The van der Waals surface area contributed by atoms with Crippen LogP contribution in [0, 0.1) is 5.92 Å². The van der Waals surface area contributed by atoms with Gasteiger partial charge in [-0.1, -0.05) is 47.8 Å². The molecule has 1 aromatic rings. The minimum absolute atomic E-state index is 0.470. The van der Waals surface area contributed by atoms with Gasteiger partial charge in [0.2, 0.25) is 0 Å². The first kappa shape index (κ1) is 12.1. The minimum atomic E-state index is 0.470. The van der Waals surface area contributed by atoms with E-state index in [0.717, 1.165) is 17.0 Å². The molecular formula is C14H19BrO. The van der Waals surface area contributed by atoms with Crippen LogP contribution in [0.1, 0.15) is 38.2 Å². The molecule has 0 saturated heterocycles. The SMILES string of the molecule is CC1CCCCC1OCc1ccc(Br)cc1. The largest absolute Gasteiger partial charge is 0.373 e. The van der Waals surface area contributed by atoms with Gasteiger partial charge < -0.3 is 4.74 Å². The Hall–Kier alpha value is -0.340. The smallest absolute Gasteiger partial charge is 0.0720 e. The summed E-state index contributed by atoms with van der Waals surface area (Å²) in [6.07, 6.45) is 5.73. The summed E-state index contributed by atoms with van der Waals surface area (Å²) in [6, 6.07) is 8.39. The third-order valence-corrected chi connectivity index (χ3v) is 3.94. The van der Waals surface area contributed by atoms with Crippen LogP contribution in [0.25, 0.3) is 0 Å². The average Bonchev–Trinajstić information content (AvgIpc) is 2.30. The summed E-state index contributed by atoms with van der Waals surface area (Å²) in [5.41, 5.74) is 1.26. The zero-order valence-electron chi connectivity index (χ0n) is 9.79. The summed E-state index contributed by atoms with van der Waals surface area (Å²) in [6.45, 7) is 3.06. The molecule has 1 saturated carbocycles. The van der Waals surface area contributed by atoms with Crippen LogP contribution in [-0.2, 0) is 11.3 Å². The fourth-order valence-electron chi connectivity index (χ4n) is 2.31. The van der Waals surface area contributed by atoms with Gasteiger partial charge in [0.15, 0.2) is 0 Å². The molecule has 0 heterocycles. The summed E-state index contributed by atoms with van der Waals surface area (Å²) in [5.74, 6) is 0.726. The van der Waals surface area contributed by atoms with E-state index < -0.39 is 0 Å². The van der Waals surface area contributed by atoms with Crippen LogP contribution in [0.15, 0.2) is 28.7 Å². The molecule has 0 bridgehead atoms. The quantitative estimate of drug-likeness (QED) is 0.791. The molecule has 0 aromatic heterocycles. The van der Waals surface area contributed by atoms with E-state index >= 15 is 0 Å². The van der Waals surface area contributed by atoms with E-state index in [1.54, 1.807) is 0 Å². The Morgan fingerprint density at radius 1 is 1.19 bits per heavy atom. The molecule has 1 nitrogen and oxygen atoms in total. The standard InChI is InChI=1S/C14H19BrO/c1-11-4-2-3-5-14(11)16-10-12-6-8-13(15)9-7-12/h6-9,11,14H,2-5,10H2,1H3. The van der Waals surface area contributed by atoms with E-state index in [-0.39, 0.29) is 0 Å². The third-order valence-electron chi connectivity index (χ3n) is 3.41. The van der Waals surface area contributed by atoms with Crippen LogP contribution in [0.5, 0.6) is 0 Å². The summed E-state index contributed by atoms with van der Waals surface area (Å²) in [4.78, 5) is 0. The van der Waals surface area contributed by atoms with E-state index in [4.69, 9.17) is 4.74 Å². The van der Waals surface area contributed by atoms with E-state index in [9.17, 15) is 0 Å². The first-order chi connectivity index (χ1) is 7.75. The van der Waals surface area contributed by atoms with Crippen LogP contribution in [0.4, 0.5) is 0 Å². The Morgan fingerprint density at radius 2 is 1.88 bits per heavy atom. The highest BCUT2D eigenvalue weighted by Crippen LogP contribution is 2.27. The van der Waals surface area contributed by atoms with E-state index in [2.05, 4.69) is 47.1 Å². The van der Waals surface area contributed by atoms with Gasteiger partial charge in [-0.25, -0.2) is 0 Å². The zero-order valence-corrected chi connectivity index (χ0v) is 11.4. The van der Waals surface area contributed by atoms with Crippen LogP contribution >= 0.6 is 15.9 Å². The maximum Gasteiger partial charge on any atom is 0.0720 e. The lowest BCUT2D eigenvalue weighted by atomic mass is 9.88. The highest BCUT2D eigenvalue weighted by molar-refractivity contribution is 9.10. The van der Waals surface area contributed by atoms with E-state index in [1.165, 1.54) is 31.2 Å². The molecule has 1 fully saturated rings. The van der Waals surface area contributed by atoms with Crippen molar-refractivity contribution in [1.29, 1.82) is 0 Å². The van der Waals surface area contributed by atoms with Crippen LogP contribution in [0.3, 0.4) is 0 Å². The van der Waals surface area contributed by atoms with Crippen LogP contribution in [-0.4, -0.2) is 6.10 Å². The molecule has 2 heteroatoms. The van der Waals surface area contributed by atoms with Crippen molar-refractivity contribution < 1.29 is 4.74 Å². The Bertz CT molecular complexity index is 320. The van der Waals surface area contributed by atoms with Gasteiger partial charge in [-0.3, -0.25) is 0 Å². The number of rotatable bonds is 3. The normalized spacial score (nSPS) is 25.6. The second-order valence-corrected chi connectivity index (χ2v) is 5.65. The number of hydrogen-bond donors (Lipinski definition) is 0. The maximum atomic E-state index is 6.01. The number of halogens is 1. The van der Waals surface area contributed by atoms with Crippen molar-refractivity contribution in [1.82, 2.24) is 0 Å². The highest BCUT2D eigenvalue weighted by Gasteiger charge is 2.21. The van der Waals surface area contributed by atoms with Crippen LogP contribution < -0.4 is 0 Å². The predicted octanol–water partition coefficient (Wildman–Crippen LogP) is 4.54. The molecule has 1 aliphatic carbocycles. The lowest BCUT2D eigenvalue weighted by molar-refractivity contribution is -0.0154. The van der Waals surface area contributed by atoms with Crippen molar-refractivity contribution in [3.05, 3.63) is 34.3 Å². The van der Waals surface area contributed by atoms with Gasteiger partial charge in [0.1, 0.15) is 0 Å². The minimum Gasteiger partial charge on any atom is -0.373 e. The Balaban J connectivity index is 1.84. The van der Waals surface area contributed by atoms with Crippen molar-refractivity contribution in [3.63, 3.8) is 0 Å². The number of ether oxygens (including phenoxy) is 1. The summed E-state index contributed by atoms with van der Waals surface area (Å²) in [5, 5.41) is 0. The van der Waals surface area contributed by atoms with Gasteiger partial charge in [0.05, 0.1) is 12.7 Å². The van der Waals surface area contributed by atoms with Crippen LogP contribution in [0.2, 0.25) is 0 Å². The second kappa shape index (κ2) is 5.83. The fraction of sp³-hybridized carbons (Fsp3) is 0.571. The molecule has 0 aliphatic heterocycles. The van der Waals surface area contributed by atoms with E-state index in [1.807, 2.05) is 0 Å². The van der Waals surface area contributed by atoms with Gasteiger partial charge in [-0.2, -0.15) is 0 Å². The first-order valence-corrected chi connectivity index (χ1v) is 6.91. The van der Waals surface area contributed by atoms with Gasteiger partial charge in [0, 0.05) is 4.47 Å². The molecule has 0 spiro atoms. The highest BCUT2D eigenvalue weighted by atomic mass is 79.9. The molecule has 2 atom stereocenters. The van der Waals surface area contributed by atoms with Crippen molar-refractivity contribution in [2.75, 3.05) is 0 Å². The Labute approximate surface area is 106 Å². The molecule has 0 radical (unpaired) electrons. The average molecular weight is 283 g/mol. The summed E-state index contributed by atoms with van der Waals surface area (Å²) < 4.78 is 7.13. The van der Waals surface area contributed by atoms with Gasteiger partial charge in [-0.15, -0.1) is 0 Å². The molecule has 0 amide bonds. The number of hydrogen-bond acceptors (Lipinski definition) is 1. The lowest BCUT2D eigenvalue weighted by Crippen LogP contribution is -2.25. The summed E-state index contributed by atoms with van der Waals surface area (Å²) in [7, 11) is 0. The monoisotopic (exact) mass is 282 g/mol. The molecule has 1 aromatic carbocycles. The Kier molecular flexibility index (Phi) is 4.42. The summed E-state index contributed by atoms with van der Waals surface area (Å²) >= 11 is 3.44. The first-order valence-electron chi connectivity index (χ1n) is 6.12. The second-order valence-electron chi connectivity index (χ2n) is 4.74. The van der Waals surface area contributed by atoms with Gasteiger partial charge >= 0.3 is 0 Å². The zero-order chi connectivity index (χ0) is 11.4. The van der Waals surface area contributed by atoms with Crippen molar-refractivity contribution in [2.45, 2.75) is 45.3 Å². The number of benzene rings is 1. The van der Waals surface area contributed by atoms with Crippen molar-refractivity contribution in [2.24, 2.45) is 5.92 Å². The molecule has 16 heavy (non-hydrogen) atoms. The topological polar surface area (TPSA) is 9.23 Å². The molecule has 88 valence electrons. The molecule has 2 rings (SSSR count). The maximum absolute atomic E-state index is 6.01. The molecule has 1 aliphatic rings. The molecule has 2 unspecified atom stereocenters. The van der Waals surface area contributed by atoms with Crippen molar-refractivity contribution >= 4 is 15.9 Å².